The van der Waals surface area contributed by atoms with Crippen LogP contribution in [0.1, 0.15) is 33.1 Å². The van der Waals surface area contributed by atoms with Crippen molar-refractivity contribution >= 4 is 10.0 Å². The molecule has 0 unspecified atom stereocenters. The highest BCUT2D eigenvalue weighted by Crippen LogP contribution is 2.31. The van der Waals surface area contributed by atoms with Crippen LogP contribution in [0.4, 0.5) is 0 Å². The van der Waals surface area contributed by atoms with Gasteiger partial charge >= 0.3 is 0 Å². The molecule has 4 nitrogen and oxygen atoms in total. The van der Waals surface area contributed by atoms with Gasteiger partial charge in [-0.3, -0.25) is 0 Å². The summed E-state index contributed by atoms with van der Waals surface area (Å²) < 4.78 is 25.8. The van der Waals surface area contributed by atoms with Crippen molar-refractivity contribution in [2.75, 3.05) is 25.4 Å². The standard InChI is InChI=1S/C11H24N2O2S/c1-10(2)8-13(7-3-6-12)16(14,15)9-11-4-5-11/h10-11H,3-9,12H2,1-2H3. The van der Waals surface area contributed by atoms with Crippen LogP contribution >= 0.6 is 0 Å². The van der Waals surface area contributed by atoms with Crippen LogP contribution in [0.25, 0.3) is 0 Å². The Balaban J connectivity index is 2.56. The summed E-state index contributed by atoms with van der Waals surface area (Å²) >= 11 is 0. The van der Waals surface area contributed by atoms with Crippen LogP contribution in [0.2, 0.25) is 0 Å². The van der Waals surface area contributed by atoms with Gasteiger partial charge in [-0.25, -0.2) is 12.7 Å². The second kappa shape index (κ2) is 5.98. The maximum atomic E-state index is 12.1. The lowest BCUT2D eigenvalue weighted by molar-refractivity contribution is 0.363. The predicted molar refractivity (Wildman–Crippen MR) is 66.6 cm³/mol. The number of nitrogens with two attached hydrogens (primary N) is 1. The molecule has 1 fully saturated rings. The Morgan fingerprint density at radius 1 is 1.38 bits per heavy atom. The van der Waals surface area contributed by atoms with Crippen LogP contribution in [0.3, 0.4) is 0 Å². The minimum absolute atomic E-state index is 0.338. The molecule has 2 N–H and O–H groups in total. The molecule has 0 spiro atoms. The second-order valence-corrected chi connectivity index (χ2v) is 7.13. The smallest absolute Gasteiger partial charge is 0.214 e. The monoisotopic (exact) mass is 248 g/mol. The fourth-order valence-electron chi connectivity index (χ4n) is 1.71. The topological polar surface area (TPSA) is 63.4 Å². The lowest BCUT2D eigenvalue weighted by atomic mass is 10.2. The number of rotatable bonds is 8. The molecule has 0 aromatic rings. The van der Waals surface area contributed by atoms with Crippen LogP contribution in [0, 0.1) is 11.8 Å². The average Bonchev–Trinajstić information content (AvgIpc) is 2.94. The quantitative estimate of drug-likeness (QED) is 0.698. The van der Waals surface area contributed by atoms with E-state index in [-0.39, 0.29) is 0 Å². The number of hydrogen-bond donors (Lipinski definition) is 1. The van der Waals surface area contributed by atoms with E-state index in [2.05, 4.69) is 0 Å². The fourth-order valence-corrected chi connectivity index (χ4v) is 3.78. The largest absolute Gasteiger partial charge is 0.330 e. The first kappa shape index (κ1) is 13.9. The van der Waals surface area contributed by atoms with E-state index in [9.17, 15) is 8.42 Å². The van der Waals surface area contributed by atoms with Crippen molar-refractivity contribution in [2.45, 2.75) is 33.1 Å². The molecule has 5 heteroatoms. The maximum Gasteiger partial charge on any atom is 0.214 e. The molecule has 0 aromatic heterocycles. The molecule has 1 aliphatic rings. The molecule has 0 heterocycles. The Labute approximate surface area is 99.2 Å². The first-order chi connectivity index (χ1) is 7.45. The summed E-state index contributed by atoms with van der Waals surface area (Å²) in [6, 6.07) is 0. The molecule has 1 saturated carbocycles. The molecule has 1 aliphatic carbocycles. The van der Waals surface area contributed by atoms with E-state index < -0.39 is 10.0 Å². The Kier molecular flexibility index (Phi) is 5.21. The van der Waals surface area contributed by atoms with E-state index in [1.165, 1.54) is 0 Å². The molecule has 0 saturated heterocycles. The van der Waals surface area contributed by atoms with Gasteiger partial charge in [0.25, 0.3) is 0 Å². The van der Waals surface area contributed by atoms with Gasteiger partial charge in [-0.1, -0.05) is 13.8 Å². The molecule has 96 valence electrons. The number of hydrogen-bond acceptors (Lipinski definition) is 3. The molecular formula is C11H24N2O2S. The van der Waals surface area contributed by atoms with E-state index in [0.717, 1.165) is 19.3 Å². The molecular weight excluding hydrogens is 224 g/mol. The molecule has 0 bridgehead atoms. The Morgan fingerprint density at radius 2 is 2.00 bits per heavy atom. The van der Waals surface area contributed by atoms with Crippen molar-refractivity contribution in [3.8, 4) is 0 Å². The minimum atomic E-state index is -3.05. The summed E-state index contributed by atoms with van der Waals surface area (Å²) in [5, 5.41) is 0. The molecule has 0 radical (unpaired) electrons. The van der Waals surface area contributed by atoms with Gasteiger partial charge < -0.3 is 5.73 Å². The van der Waals surface area contributed by atoms with Gasteiger partial charge in [0.1, 0.15) is 0 Å². The third-order valence-electron chi connectivity index (χ3n) is 2.72. The summed E-state index contributed by atoms with van der Waals surface area (Å²) in [5.41, 5.74) is 5.44. The first-order valence-corrected chi connectivity index (χ1v) is 7.74. The van der Waals surface area contributed by atoms with E-state index >= 15 is 0 Å². The average molecular weight is 248 g/mol. The molecule has 0 atom stereocenters. The normalized spacial score (nSPS) is 17.3. The van der Waals surface area contributed by atoms with Gasteiger partial charge in [-0.05, 0) is 37.6 Å². The zero-order valence-corrected chi connectivity index (χ0v) is 11.2. The molecule has 1 rings (SSSR count). The van der Waals surface area contributed by atoms with Gasteiger partial charge in [-0.15, -0.1) is 0 Å². The Bertz CT molecular complexity index is 297. The summed E-state index contributed by atoms with van der Waals surface area (Å²) in [4.78, 5) is 0. The van der Waals surface area contributed by atoms with Crippen molar-refractivity contribution in [3.63, 3.8) is 0 Å². The van der Waals surface area contributed by atoms with Crippen molar-refractivity contribution in [1.29, 1.82) is 0 Å². The lowest BCUT2D eigenvalue weighted by Crippen LogP contribution is -2.37. The number of nitrogens with zero attached hydrogens (tertiary/aromatic N) is 1. The van der Waals surface area contributed by atoms with Gasteiger partial charge in [0.2, 0.25) is 10.0 Å². The predicted octanol–water partition coefficient (Wildman–Crippen LogP) is 1.03. The van der Waals surface area contributed by atoms with Gasteiger partial charge in [-0.2, -0.15) is 0 Å². The van der Waals surface area contributed by atoms with Crippen LogP contribution in [0.15, 0.2) is 0 Å². The third kappa shape index (κ3) is 4.80. The highest BCUT2D eigenvalue weighted by atomic mass is 32.2. The summed E-state index contributed by atoms with van der Waals surface area (Å²) in [5.74, 6) is 1.12. The Hall–Kier alpha value is -0.130. The molecule has 0 aromatic carbocycles. The van der Waals surface area contributed by atoms with Crippen LogP contribution < -0.4 is 5.73 Å². The van der Waals surface area contributed by atoms with Crippen molar-refractivity contribution in [2.24, 2.45) is 17.6 Å². The highest BCUT2D eigenvalue weighted by molar-refractivity contribution is 7.89. The van der Waals surface area contributed by atoms with Crippen LogP contribution in [-0.4, -0.2) is 38.1 Å². The van der Waals surface area contributed by atoms with E-state index in [1.807, 2.05) is 13.8 Å². The summed E-state index contributed by atoms with van der Waals surface area (Å²) in [6.45, 7) is 5.83. The molecule has 0 aliphatic heterocycles. The zero-order chi connectivity index (χ0) is 12.2. The molecule has 16 heavy (non-hydrogen) atoms. The SMILES string of the molecule is CC(C)CN(CCCN)S(=O)(=O)CC1CC1. The van der Waals surface area contributed by atoms with Gasteiger partial charge in [0.15, 0.2) is 0 Å². The van der Waals surface area contributed by atoms with Crippen molar-refractivity contribution < 1.29 is 8.42 Å². The summed E-state index contributed by atoms with van der Waals surface area (Å²) in [7, 11) is -3.05. The van der Waals surface area contributed by atoms with E-state index in [4.69, 9.17) is 5.73 Å². The minimum Gasteiger partial charge on any atom is -0.330 e. The van der Waals surface area contributed by atoms with Gasteiger partial charge in [0, 0.05) is 13.1 Å². The van der Waals surface area contributed by atoms with Crippen LogP contribution in [-0.2, 0) is 10.0 Å². The Morgan fingerprint density at radius 3 is 2.44 bits per heavy atom. The van der Waals surface area contributed by atoms with Crippen molar-refractivity contribution in [1.82, 2.24) is 4.31 Å². The maximum absolute atomic E-state index is 12.1. The lowest BCUT2D eigenvalue weighted by Gasteiger charge is -2.23. The van der Waals surface area contributed by atoms with E-state index in [1.54, 1.807) is 4.31 Å². The highest BCUT2D eigenvalue weighted by Gasteiger charge is 2.31. The summed E-state index contributed by atoms with van der Waals surface area (Å²) in [6.07, 6.45) is 2.90. The third-order valence-corrected chi connectivity index (χ3v) is 4.73. The second-order valence-electron chi connectivity index (χ2n) is 5.12. The first-order valence-electron chi connectivity index (χ1n) is 6.13. The van der Waals surface area contributed by atoms with Gasteiger partial charge in [0.05, 0.1) is 5.75 Å². The zero-order valence-electron chi connectivity index (χ0n) is 10.4. The number of sulfonamides is 1. The van der Waals surface area contributed by atoms with Crippen molar-refractivity contribution in [3.05, 3.63) is 0 Å². The van der Waals surface area contributed by atoms with E-state index in [0.29, 0.717) is 37.2 Å². The van der Waals surface area contributed by atoms with Crippen LogP contribution in [0.5, 0.6) is 0 Å². The fraction of sp³-hybridized carbons (Fsp3) is 1.00. The molecule has 0 amide bonds.